The minimum absolute atomic E-state index is 0.216. The fourth-order valence-corrected chi connectivity index (χ4v) is 4.10. The number of carboxylic acid groups (broad SMARTS) is 1. The average molecular weight is 456 g/mol. The van der Waals surface area contributed by atoms with Crippen LogP contribution in [-0.2, 0) is 11.3 Å². The van der Waals surface area contributed by atoms with Crippen LogP contribution in [0.3, 0.4) is 0 Å². The monoisotopic (exact) mass is 455 g/mol. The predicted octanol–water partition coefficient (Wildman–Crippen LogP) is 4.81. The number of aliphatic carboxylic acids is 1. The molecule has 0 saturated carbocycles. The fourth-order valence-electron chi connectivity index (χ4n) is 3.20. The van der Waals surface area contributed by atoms with Crippen molar-refractivity contribution < 1.29 is 19.1 Å². The van der Waals surface area contributed by atoms with Crippen molar-refractivity contribution in [3.05, 3.63) is 70.9 Å². The Balaban J connectivity index is 1.68. The molecule has 0 aliphatic carbocycles. The largest absolute Gasteiger partial charge is 0.480 e. The first-order valence-corrected chi connectivity index (χ1v) is 11.3. The van der Waals surface area contributed by atoms with Gasteiger partial charge in [0.05, 0.1) is 5.69 Å². The van der Waals surface area contributed by atoms with Crippen LogP contribution in [0.25, 0.3) is 11.3 Å². The minimum Gasteiger partial charge on any atom is -0.480 e. The Morgan fingerprint density at radius 1 is 1.12 bits per heavy atom. The van der Waals surface area contributed by atoms with E-state index in [0.717, 1.165) is 28.5 Å². The topological polar surface area (TPSA) is 82.5 Å². The molecule has 1 heterocycles. The zero-order valence-electron chi connectivity index (χ0n) is 18.2. The molecule has 1 aromatic heterocycles. The summed E-state index contributed by atoms with van der Waals surface area (Å²) in [6.07, 6.45) is 0. The summed E-state index contributed by atoms with van der Waals surface area (Å²) in [5, 5.41) is 14.6. The van der Waals surface area contributed by atoms with Crippen LogP contribution in [0, 0.1) is 11.7 Å². The number of amides is 1. The molecule has 0 aliphatic rings. The molecule has 2 aromatic carbocycles. The number of carboxylic acids is 1. The lowest BCUT2D eigenvalue weighted by atomic mass is 10.0. The first-order valence-electron chi connectivity index (χ1n) is 10.4. The van der Waals surface area contributed by atoms with Gasteiger partial charge in [-0.2, -0.15) is 0 Å². The smallest absolute Gasteiger partial charge is 0.326 e. The maximum absolute atomic E-state index is 13.2. The van der Waals surface area contributed by atoms with E-state index in [2.05, 4.69) is 10.2 Å². The van der Waals surface area contributed by atoms with Crippen molar-refractivity contribution in [2.45, 2.75) is 33.4 Å². The van der Waals surface area contributed by atoms with Gasteiger partial charge in [-0.1, -0.05) is 26.0 Å². The van der Waals surface area contributed by atoms with Crippen molar-refractivity contribution in [2.24, 2.45) is 5.92 Å². The molecule has 0 bridgehead atoms. The molecule has 2 N–H and O–H groups in total. The SMILES string of the molecule is CCN(Cc1ccc(C(=O)NC(C(=O)O)C(C)C)cc1)c1nc(-c2ccc(F)cc2)cs1. The molecular formula is C24H26FN3O3S. The van der Waals surface area contributed by atoms with Crippen LogP contribution in [0.5, 0.6) is 0 Å². The molecule has 0 fully saturated rings. The third-order valence-corrected chi connectivity index (χ3v) is 5.99. The third-order valence-electron chi connectivity index (χ3n) is 5.09. The Labute approximate surface area is 190 Å². The van der Waals surface area contributed by atoms with Crippen LogP contribution < -0.4 is 10.2 Å². The fraction of sp³-hybridized carbons (Fsp3) is 0.292. The van der Waals surface area contributed by atoms with Gasteiger partial charge in [-0.25, -0.2) is 14.2 Å². The summed E-state index contributed by atoms with van der Waals surface area (Å²) in [7, 11) is 0. The van der Waals surface area contributed by atoms with Gasteiger partial charge in [-0.05, 0) is 54.8 Å². The van der Waals surface area contributed by atoms with Gasteiger partial charge in [-0.3, -0.25) is 4.79 Å². The maximum Gasteiger partial charge on any atom is 0.326 e. The van der Waals surface area contributed by atoms with Gasteiger partial charge in [-0.15, -0.1) is 11.3 Å². The van der Waals surface area contributed by atoms with E-state index in [4.69, 9.17) is 4.98 Å². The zero-order valence-corrected chi connectivity index (χ0v) is 19.0. The number of anilines is 1. The average Bonchev–Trinajstić information content (AvgIpc) is 3.26. The Bertz CT molecular complexity index is 1060. The number of aromatic nitrogens is 1. The molecule has 3 rings (SSSR count). The van der Waals surface area contributed by atoms with Gasteiger partial charge >= 0.3 is 5.97 Å². The minimum atomic E-state index is -1.05. The molecule has 0 saturated heterocycles. The number of nitrogens with one attached hydrogen (secondary N) is 1. The summed E-state index contributed by atoms with van der Waals surface area (Å²) in [6, 6.07) is 12.4. The Kier molecular flexibility index (Phi) is 7.58. The summed E-state index contributed by atoms with van der Waals surface area (Å²) in [6.45, 7) is 6.90. The van der Waals surface area contributed by atoms with Crippen LogP contribution in [0.1, 0.15) is 36.7 Å². The lowest BCUT2D eigenvalue weighted by molar-refractivity contribution is -0.140. The predicted molar refractivity (Wildman–Crippen MR) is 124 cm³/mol. The summed E-state index contributed by atoms with van der Waals surface area (Å²) in [5.74, 6) is -1.95. The van der Waals surface area contributed by atoms with Crippen molar-refractivity contribution >= 4 is 28.3 Å². The van der Waals surface area contributed by atoms with Gasteiger partial charge in [0.15, 0.2) is 5.13 Å². The molecule has 3 aromatic rings. The summed E-state index contributed by atoms with van der Waals surface area (Å²) < 4.78 is 13.2. The second-order valence-electron chi connectivity index (χ2n) is 7.77. The molecule has 6 nitrogen and oxygen atoms in total. The quantitative estimate of drug-likeness (QED) is 0.484. The lowest BCUT2D eigenvalue weighted by Crippen LogP contribution is -2.44. The van der Waals surface area contributed by atoms with Crippen LogP contribution in [0.4, 0.5) is 9.52 Å². The molecular weight excluding hydrogens is 429 g/mol. The van der Waals surface area contributed by atoms with Gasteiger partial charge in [0.1, 0.15) is 11.9 Å². The molecule has 1 atom stereocenters. The summed E-state index contributed by atoms with van der Waals surface area (Å²) in [4.78, 5) is 30.5. The molecule has 0 spiro atoms. The summed E-state index contributed by atoms with van der Waals surface area (Å²) >= 11 is 1.52. The second-order valence-corrected chi connectivity index (χ2v) is 8.60. The third kappa shape index (κ3) is 5.70. The molecule has 8 heteroatoms. The number of halogens is 1. The Morgan fingerprint density at radius 3 is 2.34 bits per heavy atom. The zero-order chi connectivity index (χ0) is 23.3. The van der Waals surface area contributed by atoms with Crippen molar-refractivity contribution in [2.75, 3.05) is 11.4 Å². The van der Waals surface area contributed by atoms with Gasteiger partial charge in [0.2, 0.25) is 0 Å². The van der Waals surface area contributed by atoms with E-state index in [1.807, 2.05) is 24.4 Å². The number of carbonyl (C=O) groups excluding carboxylic acids is 1. The Hall–Kier alpha value is -3.26. The van der Waals surface area contributed by atoms with E-state index in [9.17, 15) is 19.1 Å². The van der Waals surface area contributed by atoms with Gasteiger partial charge in [0.25, 0.3) is 5.91 Å². The van der Waals surface area contributed by atoms with E-state index in [1.165, 1.54) is 23.5 Å². The highest BCUT2D eigenvalue weighted by Gasteiger charge is 2.24. The van der Waals surface area contributed by atoms with Crippen LogP contribution in [0.2, 0.25) is 0 Å². The van der Waals surface area contributed by atoms with Gasteiger partial charge in [0, 0.05) is 29.6 Å². The molecule has 1 unspecified atom stereocenters. The molecule has 168 valence electrons. The van der Waals surface area contributed by atoms with Crippen molar-refractivity contribution in [3.8, 4) is 11.3 Å². The van der Waals surface area contributed by atoms with E-state index in [0.29, 0.717) is 12.1 Å². The number of rotatable bonds is 9. The highest BCUT2D eigenvalue weighted by Crippen LogP contribution is 2.28. The highest BCUT2D eigenvalue weighted by molar-refractivity contribution is 7.14. The van der Waals surface area contributed by atoms with Crippen LogP contribution >= 0.6 is 11.3 Å². The van der Waals surface area contributed by atoms with Crippen molar-refractivity contribution in [1.29, 1.82) is 0 Å². The number of thiazole rings is 1. The van der Waals surface area contributed by atoms with E-state index in [-0.39, 0.29) is 11.7 Å². The number of hydrogen-bond donors (Lipinski definition) is 2. The Morgan fingerprint density at radius 2 is 1.78 bits per heavy atom. The first-order chi connectivity index (χ1) is 15.3. The number of benzene rings is 2. The van der Waals surface area contributed by atoms with E-state index < -0.39 is 17.9 Å². The van der Waals surface area contributed by atoms with Crippen molar-refractivity contribution in [3.63, 3.8) is 0 Å². The highest BCUT2D eigenvalue weighted by atomic mass is 32.1. The number of nitrogens with zero attached hydrogens (tertiary/aromatic N) is 2. The van der Waals surface area contributed by atoms with Crippen LogP contribution in [0.15, 0.2) is 53.9 Å². The van der Waals surface area contributed by atoms with Crippen LogP contribution in [-0.4, -0.2) is 34.6 Å². The number of hydrogen-bond acceptors (Lipinski definition) is 5. The molecule has 0 aliphatic heterocycles. The molecule has 0 radical (unpaired) electrons. The van der Waals surface area contributed by atoms with E-state index >= 15 is 0 Å². The summed E-state index contributed by atoms with van der Waals surface area (Å²) in [5.41, 5.74) is 3.08. The molecule has 32 heavy (non-hydrogen) atoms. The van der Waals surface area contributed by atoms with Gasteiger partial charge < -0.3 is 15.3 Å². The van der Waals surface area contributed by atoms with Crippen molar-refractivity contribution in [1.82, 2.24) is 10.3 Å². The normalized spacial score (nSPS) is 11.9. The second kappa shape index (κ2) is 10.4. The standard InChI is InChI=1S/C24H26FN3O3S/c1-4-28(24-26-20(14-32-24)17-9-11-19(25)12-10-17)13-16-5-7-18(8-6-16)22(29)27-21(15(2)3)23(30)31/h5-12,14-15,21H,4,13H2,1-3H3,(H,27,29)(H,30,31). The lowest BCUT2D eigenvalue weighted by Gasteiger charge is -2.20. The number of carbonyl (C=O) groups is 2. The maximum atomic E-state index is 13.2. The van der Waals surface area contributed by atoms with E-state index in [1.54, 1.807) is 38.1 Å². The first kappa shape index (κ1) is 23.4. The molecule has 1 amide bonds.